The van der Waals surface area contributed by atoms with Crippen LogP contribution in [0.15, 0.2) is 23.8 Å². The Morgan fingerprint density at radius 1 is 1.35 bits per heavy atom. The van der Waals surface area contributed by atoms with Gasteiger partial charge in [0.2, 0.25) is 0 Å². The molecule has 1 aromatic rings. The molecule has 122 valence electrons. The minimum Gasteiger partial charge on any atom is -0.370 e. The Labute approximate surface area is 145 Å². The second-order valence-corrected chi connectivity index (χ2v) is 6.03. The van der Waals surface area contributed by atoms with Gasteiger partial charge in [-0.15, -0.1) is 0 Å². The SMILES string of the molecule is N#C/C(=C\c1ccc(Cl)c(Cl)c1)C(=O)NCC[NH+]1CCOCC1. The van der Waals surface area contributed by atoms with Gasteiger partial charge in [0.25, 0.3) is 5.91 Å². The zero-order valence-electron chi connectivity index (χ0n) is 12.6. The van der Waals surface area contributed by atoms with Crippen molar-refractivity contribution in [3.63, 3.8) is 0 Å². The van der Waals surface area contributed by atoms with Gasteiger partial charge in [-0.3, -0.25) is 4.79 Å². The summed E-state index contributed by atoms with van der Waals surface area (Å²) >= 11 is 11.8. The van der Waals surface area contributed by atoms with Crippen molar-refractivity contribution < 1.29 is 14.4 Å². The molecule has 0 radical (unpaired) electrons. The molecular formula is C16H18Cl2N3O2+. The highest BCUT2D eigenvalue weighted by Crippen LogP contribution is 2.23. The number of nitrogens with one attached hydrogen (secondary N) is 2. The average Bonchev–Trinajstić information content (AvgIpc) is 2.56. The summed E-state index contributed by atoms with van der Waals surface area (Å²) < 4.78 is 5.29. The fourth-order valence-corrected chi connectivity index (χ4v) is 2.58. The van der Waals surface area contributed by atoms with Crippen LogP contribution in [0.2, 0.25) is 10.0 Å². The molecule has 1 fully saturated rings. The molecule has 0 unspecified atom stereocenters. The smallest absolute Gasteiger partial charge is 0.262 e. The number of ether oxygens (including phenoxy) is 1. The summed E-state index contributed by atoms with van der Waals surface area (Å²) in [6.07, 6.45) is 1.50. The molecule has 0 atom stereocenters. The third-order valence-electron chi connectivity index (χ3n) is 3.58. The van der Waals surface area contributed by atoms with Crippen LogP contribution >= 0.6 is 23.2 Å². The lowest BCUT2D eigenvalue weighted by molar-refractivity contribution is -0.906. The topological polar surface area (TPSA) is 66.6 Å². The molecule has 0 aliphatic carbocycles. The zero-order chi connectivity index (χ0) is 16.7. The van der Waals surface area contributed by atoms with E-state index in [9.17, 15) is 4.79 Å². The maximum Gasteiger partial charge on any atom is 0.262 e. The van der Waals surface area contributed by atoms with Crippen molar-refractivity contribution in [2.75, 3.05) is 39.4 Å². The molecule has 1 aromatic carbocycles. The number of hydrogen-bond acceptors (Lipinski definition) is 3. The van der Waals surface area contributed by atoms with E-state index in [1.54, 1.807) is 18.2 Å². The van der Waals surface area contributed by atoms with E-state index in [4.69, 9.17) is 33.2 Å². The third-order valence-corrected chi connectivity index (χ3v) is 4.32. The number of rotatable bonds is 5. The summed E-state index contributed by atoms with van der Waals surface area (Å²) in [7, 11) is 0. The first kappa shape index (κ1) is 17.8. The molecule has 5 nitrogen and oxygen atoms in total. The Hall–Kier alpha value is -1.58. The second kappa shape index (κ2) is 8.90. The van der Waals surface area contributed by atoms with E-state index < -0.39 is 0 Å². The van der Waals surface area contributed by atoms with E-state index in [2.05, 4.69) is 5.32 Å². The van der Waals surface area contributed by atoms with Crippen LogP contribution in [0, 0.1) is 11.3 Å². The molecule has 0 saturated carbocycles. The summed E-state index contributed by atoms with van der Waals surface area (Å²) in [5, 5.41) is 12.8. The van der Waals surface area contributed by atoms with E-state index in [1.165, 1.54) is 11.0 Å². The number of morpholine rings is 1. The van der Waals surface area contributed by atoms with Crippen molar-refractivity contribution >= 4 is 35.2 Å². The number of quaternary nitrogens is 1. The molecule has 23 heavy (non-hydrogen) atoms. The fourth-order valence-electron chi connectivity index (χ4n) is 2.28. The fraction of sp³-hybridized carbons (Fsp3) is 0.375. The minimum absolute atomic E-state index is 0.0420. The van der Waals surface area contributed by atoms with Gasteiger partial charge in [0.1, 0.15) is 24.7 Å². The lowest BCUT2D eigenvalue weighted by atomic mass is 10.1. The zero-order valence-corrected chi connectivity index (χ0v) is 14.1. The standard InChI is InChI=1S/C16H17Cl2N3O2/c17-14-2-1-12(10-15(14)18)9-13(11-19)16(22)20-3-4-21-5-7-23-8-6-21/h1-2,9-10H,3-8H2,(H,20,22)/p+1/b13-9+. The number of hydrogen-bond donors (Lipinski definition) is 2. The molecular weight excluding hydrogens is 337 g/mol. The number of benzene rings is 1. The minimum atomic E-state index is -0.383. The molecule has 2 rings (SSSR count). The maximum absolute atomic E-state index is 12.1. The van der Waals surface area contributed by atoms with Crippen molar-refractivity contribution in [2.45, 2.75) is 0 Å². The number of halogens is 2. The van der Waals surface area contributed by atoms with Crippen molar-refractivity contribution in [2.24, 2.45) is 0 Å². The molecule has 1 aliphatic rings. The Balaban J connectivity index is 1.91. The van der Waals surface area contributed by atoms with E-state index in [1.807, 2.05) is 6.07 Å². The number of nitrogens with zero attached hydrogens (tertiary/aromatic N) is 1. The predicted octanol–water partition coefficient (Wildman–Crippen LogP) is 0.932. The molecule has 1 aliphatic heterocycles. The molecule has 7 heteroatoms. The monoisotopic (exact) mass is 354 g/mol. The van der Waals surface area contributed by atoms with Gasteiger partial charge in [-0.05, 0) is 23.8 Å². The quantitative estimate of drug-likeness (QED) is 0.610. The summed E-state index contributed by atoms with van der Waals surface area (Å²) in [5.74, 6) is -0.383. The normalized spacial score (nSPS) is 16.0. The average molecular weight is 355 g/mol. The highest BCUT2D eigenvalue weighted by Gasteiger charge is 2.14. The van der Waals surface area contributed by atoms with Gasteiger partial charge in [0, 0.05) is 0 Å². The Morgan fingerprint density at radius 3 is 2.74 bits per heavy atom. The van der Waals surface area contributed by atoms with E-state index in [-0.39, 0.29) is 11.5 Å². The summed E-state index contributed by atoms with van der Waals surface area (Å²) in [6, 6.07) is 6.87. The van der Waals surface area contributed by atoms with E-state index in [0.717, 1.165) is 32.8 Å². The molecule has 1 heterocycles. The lowest BCUT2D eigenvalue weighted by Gasteiger charge is -2.23. The number of nitriles is 1. The first-order chi connectivity index (χ1) is 11.1. The molecule has 1 saturated heterocycles. The van der Waals surface area contributed by atoms with Crippen molar-refractivity contribution in [3.05, 3.63) is 39.4 Å². The highest BCUT2D eigenvalue weighted by atomic mass is 35.5. The first-order valence-corrected chi connectivity index (χ1v) is 8.12. The van der Waals surface area contributed by atoms with Crippen molar-refractivity contribution in [1.82, 2.24) is 5.32 Å². The lowest BCUT2D eigenvalue weighted by Crippen LogP contribution is -3.14. The Morgan fingerprint density at radius 2 is 2.09 bits per heavy atom. The number of carbonyl (C=O) groups is 1. The predicted molar refractivity (Wildman–Crippen MR) is 89.4 cm³/mol. The summed E-state index contributed by atoms with van der Waals surface area (Å²) in [6.45, 7) is 4.74. The van der Waals surface area contributed by atoms with Crippen LogP contribution < -0.4 is 10.2 Å². The first-order valence-electron chi connectivity index (χ1n) is 7.36. The Bertz CT molecular complexity index is 635. The van der Waals surface area contributed by atoms with Gasteiger partial charge in [0.05, 0.1) is 36.3 Å². The second-order valence-electron chi connectivity index (χ2n) is 5.21. The van der Waals surface area contributed by atoms with Crippen molar-refractivity contribution in [1.29, 1.82) is 5.26 Å². The maximum atomic E-state index is 12.1. The van der Waals surface area contributed by atoms with Crippen LogP contribution in [0.3, 0.4) is 0 Å². The Kier molecular flexibility index (Phi) is 6.87. The van der Waals surface area contributed by atoms with Crippen molar-refractivity contribution in [3.8, 4) is 6.07 Å². The number of amides is 1. The number of carbonyl (C=O) groups excluding carboxylic acids is 1. The van der Waals surface area contributed by atoms with Gasteiger partial charge < -0.3 is 15.0 Å². The molecule has 2 N–H and O–H groups in total. The van der Waals surface area contributed by atoms with Gasteiger partial charge in [-0.25, -0.2) is 0 Å². The summed E-state index contributed by atoms with van der Waals surface area (Å²) in [4.78, 5) is 13.5. The van der Waals surface area contributed by atoms with Gasteiger partial charge in [0.15, 0.2) is 0 Å². The molecule has 0 bridgehead atoms. The van der Waals surface area contributed by atoms with Crippen LogP contribution in [0.4, 0.5) is 0 Å². The summed E-state index contributed by atoms with van der Waals surface area (Å²) in [5.41, 5.74) is 0.699. The molecule has 0 aromatic heterocycles. The van der Waals surface area contributed by atoms with Crippen LogP contribution in [0.1, 0.15) is 5.56 Å². The van der Waals surface area contributed by atoms with Crippen LogP contribution in [0.5, 0.6) is 0 Å². The largest absolute Gasteiger partial charge is 0.370 e. The molecule has 0 spiro atoms. The molecule has 1 amide bonds. The van der Waals surface area contributed by atoms with Gasteiger partial charge in [-0.1, -0.05) is 29.3 Å². The van der Waals surface area contributed by atoms with Crippen LogP contribution in [0.25, 0.3) is 6.08 Å². The van der Waals surface area contributed by atoms with Gasteiger partial charge >= 0.3 is 0 Å². The van der Waals surface area contributed by atoms with Crippen LogP contribution in [-0.2, 0) is 9.53 Å². The van der Waals surface area contributed by atoms with E-state index in [0.29, 0.717) is 22.2 Å². The van der Waals surface area contributed by atoms with Gasteiger partial charge in [-0.2, -0.15) is 5.26 Å². The van der Waals surface area contributed by atoms with Crippen LogP contribution in [-0.4, -0.2) is 45.3 Å². The highest BCUT2D eigenvalue weighted by molar-refractivity contribution is 6.42. The third kappa shape index (κ3) is 5.52. The van der Waals surface area contributed by atoms with E-state index >= 15 is 0 Å².